The van der Waals surface area contributed by atoms with E-state index in [0.717, 1.165) is 24.7 Å². The first-order chi connectivity index (χ1) is 6.00. The van der Waals surface area contributed by atoms with Gasteiger partial charge in [-0.25, -0.2) is 0 Å². The highest BCUT2D eigenvalue weighted by atomic mass is 16.1. The summed E-state index contributed by atoms with van der Waals surface area (Å²) in [4.78, 5) is 11.5. The Bertz CT molecular complexity index is 181. The standard InChI is InChI=1S/C11H21NO/c1-7(2)9-5-10(6-9)11(13)12-8(3)4/h7-10H,5-6H2,1-4H3,(H,12,13)/t9-,10+. The Hall–Kier alpha value is -0.530. The molecule has 2 nitrogen and oxygen atoms in total. The van der Waals surface area contributed by atoms with Gasteiger partial charge in [-0.3, -0.25) is 4.79 Å². The smallest absolute Gasteiger partial charge is 0.223 e. The molecule has 0 aromatic heterocycles. The zero-order valence-electron chi connectivity index (χ0n) is 9.13. The average molecular weight is 183 g/mol. The van der Waals surface area contributed by atoms with Crippen LogP contribution in [-0.2, 0) is 4.79 Å². The van der Waals surface area contributed by atoms with Crippen LogP contribution in [0.1, 0.15) is 40.5 Å². The molecule has 2 heteroatoms. The fourth-order valence-corrected chi connectivity index (χ4v) is 1.82. The first-order valence-corrected chi connectivity index (χ1v) is 5.31. The summed E-state index contributed by atoms with van der Waals surface area (Å²) >= 11 is 0. The van der Waals surface area contributed by atoms with Gasteiger partial charge in [-0.2, -0.15) is 0 Å². The summed E-state index contributed by atoms with van der Waals surface area (Å²) in [6.07, 6.45) is 2.19. The minimum Gasteiger partial charge on any atom is -0.354 e. The maximum atomic E-state index is 11.5. The van der Waals surface area contributed by atoms with Gasteiger partial charge in [-0.15, -0.1) is 0 Å². The highest BCUT2D eigenvalue weighted by Crippen LogP contribution is 2.38. The summed E-state index contributed by atoms with van der Waals surface area (Å²) in [6.45, 7) is 8.50. The minimum absolute atomic E-state index is 0.256. The lowest BCUT2D eigenvalue weighted by Crippen LogP contribution is -2.42. The quantitative estimate of drug-likeness (QED) is 0.714. The van der Waals surface area contributed by atoms with Crippen LogP contribution in [0.25, 0.3) is 0 Å². The van der Waals surface area contributed by atoms with Crippen LogP contribution in [0.3, 0.4) is 0 Å². The lowest BCUT2D eigenvalue weighted by molar-refractivity contribution is -0.130. The number of hydrogen-bond acceptors (Lipinski definition) is 1. The third-order valence-corrected chi connectivity index (χ3v) is 2.92. The average Bonchev–Trinajstić information content (AvgIpc) is 1.79. The van der Waals surface area contributed by atoms with Gasteiger partial charge in [-0.1, -0.05) is 13.8 Å². The summed E-state index contributed by atoms with van der Waals surface area (Å²) < 4.78 is 0. The van der Waals surface area contributed by atoms with Crippen molar-refractivity contribution in [1.29, 1.82) is 0 Å². The maximum Gasteiger partial charge on any atom is 0.223 e. The van der Waals surface area contributed by atoms with Crippen LogP contribution in [0.5, 0.6) is 0 Å². The van der Waals surface area contributed by atoms with Crippen LogP contribution in [-0.4, -0.2) is 11.9 Å². The number of nitrogens with one attached hydrogen (secondary N) is 1. The fraction of sp³-hybridized carbons (Fsp3) is 0.909. The van der Waals surface area contributed by atoms with Gasteiger partial charge >= 0.3 is 0 Å². The van der Waals surface area contributed by atoms with E-state index in [1.54, 1.807) is 0 Å². The largest absolute Gasteiger partial charge is 0.354 e. The van der Waals surface area contributed by atoms with Gasteiger partial charge < -0.3 is 5.32 Å². The van der Waals surface area contributed by atoms with Crippen LogP contribution in [0, 0.1) is 17.8 Å². The van der Waals surface area contributed by atoms with Gasteiger partial charge in [0.2, 0.25) is 5.91 Å². The lowest BCUT2D eigenvalue weighted by Gasteiger charge is -2.37. The molecule has 0 radical (unpaired) electrons. The zero-order valence-corrected chi connectivity index (χ0v) is 9.13. The molecule has 0 bridgehead atoms. The summed E-state index contributed by atoms with van der Waals surface area (Å²) in [5, 5.41) is 2.97. The molecule has 1 fully saturated rings. The lowest BCUT2D eigenvalue weighted by atomic mass is 9.69. The number of carbonyl (C=O) groups is 1. The predicted molar refractivity (Wildman–Crippen MR) is 54.3 cm³/mol. The Morgan fingerprint density at radius 1 is 1.23 bits per heavy atom. The molecule has 0 aromatic rings. The Labute approximate surface area is 81.1 Å². The van der Waals surface area contributed by atoms with Crippen LogP contribution < -0.4 is 5.32 Å². The first-order valence-electron chi connectivity index (χ1n) is 5.31. The second-order valence-electron chi connectivity index (χ2n) is 4.84. The first kappa shape index (κ1) is 10.6. The zero-order chi connectivity index (χ0) is 10.0. The van der Waals surface area contributed by atoms with Crippen LogP contribution in [0.2, 0.25) is 0 Å². The molecule has 0 atom stereocenters. The molecule has 0 saturated heterocycles. The van der Waals surface area contributed by atoms with Crippen LogP contribution >= 0.6 is 0 Å². The number of carbonyl (C=O) groups excluding carboxylic acids is 1. The Kier molecular flexibility index (Phi) is 3.34. The molecule has 76 valence electrons. The van der Waals surface area contributed by atoms with Crippen molar-refractivity contribution in [3.8, 4) is 0 Å². The molecule has 0 spiro atoms. The van der Waals surface area contributed by atoms with Gasteiger partial charge in [0, 0.05) is 12.0 Å². The Morgan fingerprint density at radius 2 is 1.77 bits per heavy atom. The summed E-state index contributed by atoms with van der Waals surface area (Å²) in [5.41, 5.74) is 0. The van der Waals surface area contributed by atoms with E-state index in [1.807, 2.05) is 13.8 Å². The van der Waals surface area contributed by atoms with Gasteiger partial charge in [0.25, 0.3) is 0 Å². The van der Waals surface area contributed by atoms with Crippen molar-refractivity contribution in [2.45, 2.75) is 46.6 Å². The minimum atomic E-state index is 0.256. The van der Waals surface area contributed by atoms with Crippen molar-refractivity contribution in [2.24, 2.45) is 17.8 Å². The summed E-state index contributed by atoms with van der Waals surface area (Å²) in [6, 6.07) is 0.283. The van der Waals surface area contributed by atoms with Gasteiger partial charge in [0.15, 0.2) is 0 Å². The molecular formula is C11H21NO. The normalized spacial score (nSPS) is 27.5. The van der Waals surface area contributed by atoms with E-state index in [-0.39, 0.29) is 11.9 Å². The number of amides is 1. The van der Waals surface area contributed by atoms with E-state index in [1.165, 1.54) is 0 Å². The molecule has 1 rings (SSSR count). The SMILES string of the molecule is CC(C)NC(=O)[C@H]1C[C@@H](C(C)C)C1. The van der Waals surface area contributed by atoms with Gasteiger partial charge in [-0.05, 0) is 38.5 Å². The van der Waals surface area contributed by atoms with Crippen LogP contribution in [0.15, 0.2) is 0 Å². The molecule has 1 saturated carbocycles. The molecule has 13 heavy (non-hydrogen) atoms. The Morgan fingerprint density at radius 3 is 2.15 bits per heavy atom. The van der Waals surface area contributed by atoms with Gasteiger partial charge in [0.1, 0.15) is 0 Å². The predicted octanol–water partition coefficient (Wildman–Crippen LogP) is 2.19. The van der Waals surface area contributed by atoms with Crippen molar-refractivity contribution < 1.29 is 4.79 Å². The van der Waals surface area contributed by atoms with E-state index >= 15 is 0 Å². The molecule has 0 unspecified atom stereocenters. The molecule has 0 aliphatic heterocycles. The highest BCUT2D eigenvalue weighted by molar-refractivity contribution is 5.79. The monoisotopic (exact) mass is 183 g/mol. The molecular weight excluding hydrogens is 162 g/mol. The second kappa shape index (κ2) is 4.12. The maximum absolute atomic E-state index is 11.5. The topological polar surface area (TPSA) is 29.1 Å². The molecule has 0 aromatic carbocycles. The highest BCUT2D eigenvalue weighted by Gasteiger charge is 2.35. The molecule has 0 heterocycles. The third-order valence-electron chi connectivity index (χ3n) is 2.92. The van der Waals surface area contributed by atoms with Crippen LogP contribution in [0.4, 0.5) is 0 Å². The van der Waals surface area contributed by atoms with Crippen molar-refractivity contribution in [3.05, 3.63) is 0 Å². The number of hydrogen-bond donors (Lipinski definition) is 1. The van der Waals surface area contributed by atoms with E-state index < -0.39 is 0 Å². The van der Waals surface area contributed by atoms with E-state index in [4.69, 9.17) is 0 Å². The van der Waals surface area contributed by atoms with E-state index in [0.29, 0.717) is 5.92 Å². The van der Waals surface area contributed by atoms with E-state index in [9.17, 15) is 4.79 Å². The molecule has 1 amide bonds. The van der Waals surface area contributed by atoms with Gasteiger partial charge in [0.05, 0.1) is 0 Å². The molecule has 1 aliphatic rings. The van der Waals surface area contributed by atoms with Crippen molar-refractivity contribution in [1.82, 2.24) is 5.32 Å². The summed E-state index contributed by atoms with van der Waals surface area (Å²) in [7, 11) is 0. The fourth-order valence-electron chi connectivity index (χ4n) is 1.82. The molecule has 1 N–H and O–H groups in total. The number of rotatable bonds is 3. The van der Waals surface area contributed by atoms with Crippen molar-refractivity contribution >= 4 is 5.91 Å². The van der Waals surface area contributed by atoms with Crippen molar-refractivity contribution in [3.63, 3.8) is 0 Å². The summed E-state index contributed by atoms with van der Waals surface area (Å²) in [5.74, 6) is 2.08. The Balaban J connectivity index is 2.23. The van der Waals surface area contributed by atoms with E-state index in [2.05, 4.69) is 19.2 Å². The molecule has 1 aliphatic carbocycles. The van der Waals surface area contributed by atoms with Crippen molar-refractivity contribution in [2.75, 3.05) is 0 Å². The third kappa shape index (κ3) is 2.71. The second-order valence-corrected chi connectivity index (χ2v) is 4.84.